The second kappa shape index (κ2) is 8.69. The van der Waals surface area contributed by atoms with Gasteiger partial charge in [0.2, 0.25) is 0 Å². The Morgan fingerprint density at radius 2 is 1.27 bits per heavy atom. The first-order valence-electron chi connectivity index (χ1n) is 7.75. The van der Waals surface area contributed by atoms with E-state index in [0.29, 0.717) is 13.2 Å². The van der Waals surface area contributed by atoms with Crippen molar-refractivity contribution in [2.75, 3.05) is 13.2 Å². The van der Waals surface area contributed by atoms with Crippen LogP contribution in [-0.2, 0) is 9.47 Å². The van der Waals surface area contributed by atoms with Gasteiger partial charge in [0.15, 0.2) is 0 Å². The smallest absolute Gasteiger partial charge is 0.108 e. The minimum absolute atomic E-state index is 0.0147. The van der Waals surface area contributed by atoms with E-state index in [-0.39, 0.29) is 18.2 Å². The third-order valence-electron chi connectivity index (χ3n) is 3.35. The summed E-state index contributed by atoms with van der Waals surface area (Å²) < 4.78 is 11.8. The maximum absolute atomic E-state index is 6.14. The van der Waals surface area contributed by atoms with Gasteiger partial charge in [-0.1, -0.05) is 60.7 Å². The Labute approximate surface area is 133 Å². The van der Waals surface area contributed by atoms with Crippen LogP contribution in [-0.4, -0.2) is 25.4 Å². The van der Waals surface area contributed by atoms with E-state index >= 15 is 0 Å². The molecule has 2 N–H and O–H groups in total. The van der Waals surface area contributed by atoms with Crippen LogP contribution in [0.5, 0.6) is 0 Å². The van der Waals surface area contributed by atoms with Crippen LogP contribution in [0.3, 0.4) is 0 Å². The molecule has 0 radical (unpaired) electrons. The molecule has 22 heavy (non-hydrogen) atoms. The zero-order chi connectivity index (χ0) is 15.8. The Morgan fingerprint density at radius 1 is 0.773 bits per heavy atom. The number of hydrogen-bond acceptors (Lipinski definition) is 3. The molecule has 3 heteroatoms. The predicted octanol–water partition coefficient (Wildman–Crippen LogP) is 3.54. The number of nitrogens with two attached hydrogens (primary N) is 1. The van der Waals surface area contributed by atoms with Gasteiger partial charge < -0.3 is 15.2 Å². The Kier molecular flexibility index (Phi) is 6.59. The lowest BCUT2D eigenvalue weighted by molar-refractivity contribution is -0.0290. The zero-order valence-corrected chi connectivity index (χ0v) is 13.3. The molecular formula is C19H25NO2. The fraction of sp³-hybridized carbons (Fsp3) is 0.368. The molecule has 2 rings (SSSR count). The van der Waals surface area contributed by atoms with E-state index < -0.39 is 0 Å². The molecule has 2 aromatic rings. The second-order valence-corrected chi connectivity index (χ2v) is 5.66. The minimum Gasteiger partial charge on any atom is -0.375 e. The Hall–Kier alpha value is -1.68. The summed E-state index contributed by atoms with van der Waals surface area (Å²) >= 11 is 0. The molecule has 3 nitrogen and oxygen atoms in total. The minimum atomic E-state index is -0.0799. The molecule has 0 aromatic heterocycles. The van der Waals surface area contributed by atoms with Crippen molar-refractivity contribution in [2.45, 2.75) is 32.1 Å². The van der Waals surface area contributed by atoms with E-state index in [4.69, 9.17) is 15.2 Å². The predicted molar refractivity (Wildman–Crippen MR) is 89.7 cm³/mol. The van der Waals surface area contributed by atoms with Crippen molar-refractivity contribution in [1.29, 1.82) is 0 Å². The lowest BCUT2D eigenvalue weighted by Crippen LogP contribution is -2.27. The second-order valence-electron chi connectivity index (χ2n) is 5.66. The van der Waals surface area contributed by atoms with Crippen LogP contribution in [0, 0.1) is 0 Å². The molecule has 0 amide bonds. The molecular weight excluding hydrogens is 274 g/mol. The standard InChI is InChI=1S/C19H25NO2/c1-15(20)13-21-16(2)14-22-19(17-9-5-3-6-10-17)18-11-7-4-8-12-18/h3-12,15-16,19H,13-14,20H2,1-2H3. The van der Waals surface area contributed by atoms with Crippen molar-refractivity contribution < 1.29 is 9.47 Å². The molecule has 0 saturated heterocycles. The summed E-state index contributed by atoms with van der Waals surface area (Å²) in [6, 6.07) is 20.6. The average Bonchev–Trinajstić information content (AvgIpc) is 2.55. The van der Waals surface area contributed by atoms with Gasteiger partial charge in [-0.05, 0) is 25.0 Å². The van der Waals surface area contributed by atoms with Crippen LogP contribution < -0.4 is 5.73 Å². The van der Waals surface area contributed by atoms with Crippen molar-refractivity contribution in [3.05, 3.63) is 71.8 Å². The Balaban J connectivity index is 2.03. The van der Waals surface area contributed by atoms with Crippen LogP contribution in [0.1, 0.15) is 31.1 Å². The molecule has 0 fully saturated rings. The molecule has 118 valence electrons. The van der Waals surface area contributed by atoms with Gasteiger partial charge in [-0.25, -0.2) is 0 Å². The topological polar surface area (TPSA) is 44.5 Å². The van der Waals surface area contributed by atoms with E-state index in [0.717, 1.165) is 11.1 Å². The molecule has 0 aliphatic rings. The molecule has 0 bridgehead atoms. The van der Waals surface area contributed by atoms with Crippen LogP contribution in [0.2, 0.25) is 0 Å². The van der Waals surface area contributed by atoms with Crippen LogP contribution in [0.25, 0.3) is 0 Å². The van der Waals surface area contributed by atoms with Crippen LogP contribution in [0.15, 0.2) is 60.7 Å². The van der Waals surface area contributed by atoms with Gasteiger partial charge in [0.1, 0.15) is 6.10 Å². The molecule has 0 aliphatic heterocycles. The third kappa shape index (κ3) is 5.26. The highest BCUT2D eigenvalue weighted by molar-refractivity contribution is 5.29. The van der Waals surface area contributed by atoms with E-state index in [1.54, 1.807) is 0 Å². The van der Waals surface area contributed by atoms with Crippen molar-refractivity contribution in [3.63, 3.8) is 0 Å². The fourth-order valence-electron chi connectivity index (χ4n) is 2.24. The summed E-state index contributed by atoms with van der Waals surface area (Å²) in [7, 11) is 0. The molecule has 0 saturated carbocycles. The van der Waals surface area contributed by atoms with Gasteiger partial charge in [-0.3, -0.25) is 0 Å². The first kappa shape index (κ1) is 16.7. The zero-order valence-electron chi connectivity index (χ0n) is 13.3. The summed E-state index contributed by atoms with van der Waals surface area (Å²) in [5.41, 5.74) is 8.01. The largest absolute Gasteiger partial charge is 0.375 e. The maximum atomic E-state index is 6.14. The number of benzene rings is 2. The number of ether oxygens (including phenoxy) is 2. The van der Waals surface area contributed by atoms with E-state index in [2.05, 4.69) is 24.3 Å². The number of hydrogen-bond donors (Lipinski definition) is 1. The molecule has 2 atom stereocenters. The van der Waals surface area contributed by atoms with Gasteiger partial charge in [0, 0.05) is 6.04 Å². The summed E-state index contributed by atoms with van der Waals surface area (Å²) in [5, 5.41) is 0. The molecule has 0 spiro atoms. The fourth-order valence-corrected chi connectivity index (χ4v) is 2.24. The third-order valence-corrected chi connectivity index (χ3v) is 3.35. The SMILES string of the molecule is CC(N)COC(C)COC(c1ccccc1)c1ccccc1. The van der Waals surface area contributed by atoms with Crippen molar-refractivity contribution >= 4 is 0 Å². The quantitative estimate of drug-likeness (QED) is 0.811. The first-order chi connectivity index (χ1) is 10.7. The maximum Gasteiger partial charge on any atom is 0.108 e. The molecule has 0 heterocycles. The lowest BCUT2D eigenvalue weighted by Gasteiger charge is -2.22. The molecule has 2 unspecified atom stereocenters. The lowest BCUT2D eigenvalue weighted by atomic mass is 10.0. The first-order valence-corrected chi connectivity index (χ1v) is 7.75. The van der Waals surface area contributed by atoms with Crippen molar-refractivity contribution in [1.82, 2.24) is 0 Å². The normalized spacial score (nSPS) is 14.0. The van der Waals surface area contributed by atoms with Crippen LogP contribution in [0.4, 0.5) is 0 Å². The van der Waals surface area contributed by atoms with E-state index in [1.165, 1.54) is 0 Å². The highest BCUT2D eigenvalue weighted by atomic mass is 16.5. The highest BCUT2D eigenvalue weighted by Crippen LogP contribution is 2.26. The van der Waals surface area contributed by atoms with Gasteiger partial charge in [-0.2, -0.15) is 0 Å². The highest BCUT2D eigenvalue weighted by Gasteiger charge is 2.16. The Bertz CT molecular complexity index is 488. The Morgan fingerprint density at radius 3 is 1.73 bits per heavy atom. The summed E-state index contributed by atoms with van der Waals surface area (Å²) in [6.07, 6.45) is -0.0651. The van der Waals surface area contributed by atoms with E-state index in [1.807, 2.05) is 50.2 Å². The van der Waals surface area contributed by atoms with E-state index in [9.17, 15) is 0 Å². The summed E-state index contributed by atoms with van der Waals surface area (Å²) in [6.45, 7) is 5.02. The molecule has 2 aromatic carbocycles. The van der Waals surface area contributed by atoms with Crippen molar-refractivity contribution in [3.8, 4) is 0 Å². The van der Waals surface area contributed by atoms with Gasteiger partial charge in [0.05, 0.1) is 19.3 Å². The van der Waals surface area contributed by atoms with Crippen LogP contribution >= 0.6 is 0 Å². The van der Waals surface area contributed by atoms with Gasteiger partial charge in [0.25, 0.3) is 0 Å². The average molecular weight is 299 g/mol. The van der Waals surface area contributed by atoms with Crippen molar-refractivity contribution in [2.24, 2.45) is 5.73 Å². The van der Waals surface area contributed by atoms with Gasteiger partial charge >= 0.3 is 0 Å². The molecule has 0 aliphatic carbocycles. The summed E-state index contributed by atoms with van der Waals surface area (Å²) in [4.78, 5) is 0. The number of rotatable bonds is 8. The van der Waals surface area contributed by atoms with Gasteiger partial charge in [-0.15, -0.1) is 0 Å². The summed E-state index contributed by atoms with van der Waals surface area (Å²) in [5.74, 6) is 0. The monoisotopic (exact) mass is 299 g/mol.